The third-order valence-corrected chi connectivity index (χ3v) is 4.20. The SMILES string of the molecule is Cc1cc(OCC(=O)NCCNC(=O)c2cccc(F)c2)cc(C)c1Cl. The van der Waals surface area contributed by atoms with Gasteiger partial charge >= 0.3 is 0 Å². The van der Waals surface area contributed by atoms with Gasteiger partial charge in [0, 0.05) is 23.7 Å². The topological polar surface area (TPSA) is 67.4 Å². The van der Waals surface area contributed by atoms with Crippen molar-refractivity contribution in [2.45, 2.75) is 13.8 Å². The number of amides is 2. The Balaban J connectivity index is 1.70. The van der Waals surface area contributed by atoms with Crippen LogP contribution < -0.4 is 15.4 Å². The highest BCUT2D eigenvalue weighted by molar-refractivity contribution is 6.32. The van der Waals surface area contributed by atoms with Crippen molar-refractivity contribution in [1.29, 1.82) is 0 Å². The molecule has 2 rings (SSSR count). The number of hydrogen-bond donors (Lipinski definition) is 2. The normalized spacial score (nSPS) is 10.3. The molecule has 0 radical (unpaired) electrons. The second-order valence-corrected chi connectivity index (χ2v) is 6.15. The largest absolute Gasteiger partial charge is 0.484 e. The first-order valence-corrected chi connectivity index (χ1v) is 8.44. The van der Waals surface area contributed by atoms with E-state index in [9.17, 15) is 14.0 Å². The molecule has 0 aliphatic heterocycles. The monoisotopic (exact) mass is 378 g/mol. The van der Waals surface area contributed by atoms with E-state index in [1.54, 1.807) is 12.1 Å². The third kappa shape index (κ3) is 5.74. The van der Waals surface area contributed by atoms with E-state index in [0.717, 1.165) is 17.2 Å². The molecule has 26 heavy (non-hydrogen) atoms. The van der Waals surface area contributed by atoms with Crippen molar-refractivity contribution in [3.05, 3.63) is 63.9 Å². The quantitative estimate of drug-likeness (QED) is 0.728. The second kappa shape index (κ2) is 9.20. The summed E-state index contributed by atoms with van der Waals surface area (Å²) < 4.78 is 18.5. The first-order valence-electron chi connectivity index (χ1n) is 8.07. The average molecular weight is 379 g/mol. The first-order chi connectivity index (χ1) is 12.4. The molecule has 2 amide bonds. The number of nitrogens with one attached hydrogen (secondary N) is 2. The Bertz CT molecular complexity index is 788. The van der Waals surface area contributed by atoms with Gasteiger partial charge in [0.1, 0.15) is 11.6 Å². The smallest absolute Gasteiger partial charge is 0.258 e. The molecular weight excluding hydrogens is 359 g/mol. The van der Waals surface area contributed by atoms with Gasteiger partial charge in [-0.25, -0.2) is 4.39 Å². The Labute approximate surface area is 156 Å². The molecule has 0 saturated carbocycles. The van der Waals surface area contributed by atoms with E-state index in [1.165, 1.54) is 18.2 Å². The zero-order valence-electron chi connectivity index (χ0n) is 14.6. The van der Waals surface area contributed by atoms with Crippen molar-refractivity contribution in [1.82, 2.24) is 10.6 Å². The summed E-state index contributed by atoms with van der Waals surface area (Å²) in [6.45, 7) is 4.05. The maximum absolute atomic E-state index is 13.1. The van der Waals surface area contributed by atoms with Gasteiger partial charge in [-0.05, 0) is 55.3 Å². The summed E-state index contributed by atoms with van der Waals surface area (Å²) in [7, 11) is 0. The highest BCUT2D eigenvalue weighted by atomic mass is 35.5. The Morgan fingerprint density at radius 2 is 1.73 bits per heavy atom. The second-order valence-electron chi connectivity index (χ2n) is 5.78. The minimum Gasteiger partial charge on any atom is -0.484 e. The van der Waals surface area contributed by atoms with E-state index in [4.69, 9.17) is 16.3 Å². The third-order valence-electron chi connectivity index (χ3n) is 3.60. The van der Waals surface area contributed by atoms with Crippen LogP contribution in [0.1, 0.15) is 21.5 Å². The number of ether oxygens (including phenoxy) is 1. The van der Waals surface area contributed by atoms with E-state index in [-0.39, 0.29) is 31.2 Å². The number of hydrogen-bond acceptors (Lipinski definition) is 3. The zero-order valence-corrected chi connectivity index (χ0v) is 15.3. The first kappa shape index (κ1) is 19.7. The molecule has 0 aliphatic carbocycles. The lowest BCUT2D eigenvalue weighted by atomic mass is 10.1. The van der Waals surface area contributed by atoms with Gasteiger partial charge < -0.3 is 15.4 Å². The van der Waals surface area contributed by atoms with Gasteiger partial charge in [-0.2, -0.15) is 0 Å². The summed E-state index contributed by atoms with van der Waals surface area (Å²) in [5.41, 5.74) is 1.98. The van der Waals surface area contributed by atoms with Gasteiger partial charge in [0.25, 0.3) is 11.8 Å². The van der Waals surface area contributed by atoms with Crippen LogP contribution in [0.4, 0.5) is 4.39 Å². The van der Waals surface area contributed by atoms with Crippen molar-refractivity contribution < 1.29 is 18.7 Å². The molecule has 0 atom stereocenters. The maximum Gasteiger partial charge on any atom is 0.258 e. The molecule has 138 valence electrons. The predicted octanol–water partition coefficient (Wildman–Crippen LogP) is 3.02. The number of aryl methyl sites for hydroxylation is 2. The number of halogens is 2. The molecule has 0 unspecified atom stereocenters. The lowest BCUT2D eigenvalue weighted by Gasteiger charge is -2.11. The van der Waals surface area contributed by atoms with Crippen molar-refractivity contribution in [3.8, 4) is 5.75 Å². The summed E-state index contributed by atoms with van der Waals surface area (Å²) in [5.74, 6) is -0.618. The van der Waals surface area contributed by atoms with Crippen LogP contribution in [-0.2, 0) is 4.79 Å². The Hall–Kier alpha value is -2.60. The van der Waals surface area contributed by atoms with Gasteiger partial charge in [0.05, 0.1) is 0 Å². The fourth-order valence-electron chi connectivity index (χ4n) is 2.30. The minimum atomic E-state index is -0.476. The molecule has 2 aromatic rings. The van der Waals surface area contributed by atoms with Crippen molar-refractivity contribution >= 4 is 23.4 Å². The molecule has 5 nitrogen and oxygen atoms in total. The van der Waals surface area contributed by atoms with Crippen LogP contribution in [0.2, 0.25) is 5.02 Å². The molecule has 0 bridgehead atoms. The van der Waals surface area contributed by atoms with Crippen LogP contribution in [-0.4, -0.2) is 31.5 Å². The number of benzene rings is 2. The molecular formula is C19H20ClFN2O3. The maximum atomic E-state index is 13.1. The number of carbonyl (C=O) groups excluding carboxylic acids is 2. The molecule has 0 saturated heterocycles. The summed E-state index contributed by atoms with van der Waals surface area (Å²) in [4.78, 5) is 23.6. The molecule has 0 fully saturated rings. The number of carbonyl (C=O) groups is 2. The molecule has 2 aromatic carbocycles. The van der Waals surface area contributed by atoms with Crippen LogP contribution in [0.5, 0.6) is 5.75 Å². The van der Waals surface area contributed by atoms with Gasteiger partial charge in [0.2, 0.25) is 0 Å². The van der Waals surface area contributed by atoms with E-state index in [1.807, 2.05) is 13.8 Å². The highest BCUT2D eigenvalue weighted by Crippen LogP contribution is 2.25. The van der Waals surface area contributed by atoms with Gasteiger partial charge in [0.15, 0.2) is 6.61 Å². The van der Waals surface area contributed by atoms with Gasteiger partial charge in [-0.1, -0.05) is 17.7 Å². The minimum absolute atomic E-state index is 0.141. The van der Waals surface area contributed by atoms with E-state index >= 15 is 0 Å². The molecule has 7 heteroatoms. The van der Waals surface area contributed by atoms with E-state index in [0.29, 0.717) is 10.8 Å². The van der Waals surface area contributed by atoms with Crippen molar-refractivity contribution in [2.24, 2.45) is 0 Å². The van der Waals surface area contributed by atoms with Crippen LogP contribution in [0, 0.1) is 19.7 Å². The summed E-state index contributed by atoms with van der Waals surface area (Å²) in [5, 5.41) is 5.91. The van der Waals surface area contributed by atoms with Crippen molar-refractivity contribution in [3.63, 3.8) is 0 Å². The predicted molar refractivity (Wildman–Crippen MR) is 98.2 cm³/mol. The molecule has 0 spiro atoms. The molecule has 2 N–H and O–H groups in total. The average Bonchev–Trinajstić information content (AvgIpc) is 2.61. The molecule has 0 aromatic heterocycles. The Morgan fingerprint density at radius 1 is 1.08 bits per heavy atom. The zero-order chi connectivity index (χ0) is 19.1. The lowest BCUT2D eigenvalue weighted by molar-refractivity contribution is -0.123. The van der Waals surface area contributed by atoms with Gasteiger partial charge in [-0.15, -0.1) is 0 Å². The highest BCUT2D eigenvalue weighted by Gasteiger charge is 2.08. The van der Waals surface area contributed by atoms with E-state index in [2.05, 4.69) is 10.6 Å². The Kier molecular flexibility index (Phi) is 6.97. The lowest BCUT2D eigenvalue weighted by Crippen LogP contribution is -2.36. The fourth-order valence-corrected chi connectivity index (χ4v) is 2.41. The van der Waals surface area contributed by atoms with Crippen LogP contribution >= 0.6 is 11.6 Å². The fraction of sp³-hybridized carbons (Fsp3) is 0.263. The molecule has 0 heterocycles. The summed E-state index contributed by atoms with van der Waals surface area (Å²) in [6.07, 6.45) is 0. The summed E-state index contributed by atoms with van der Waals surface area (Å²) >= 11 is 6.09. The van der Waals surface area contributed by atoms with Crippen LogP contribution in [0.3, 0.4) is 0 Å². The Morgan fingerprint density at radius 3 is 2.38 bits per heavy atom. The number of rotatable bonds is 7. The van der Waals surface area contributed by atoms with Crippen molar-refractivity contribution in [2.75, 3.05) is 19.7 Å². The van der Waals surface area contributed by atoms with Crippen LogP contribution in [0.15, 0.2) is 36.4 Å². The van der Waals surface area contributed by atoms with Crippen LogP contribution in [0.25, 0.3) is 0 Å². The summed E-state index contributed by atoms with van der Waals surface area (Å²) in [6, 6.07) is 8.92. The molecule has 0 aliphatic rings. The standard InChI is InChI=1S/C19H20ClFN2O3/c1-12-8-16(9-13(2)18(12)20)26-11-17(24)22-6-7-23-19(25)14-4-3-5-15(21)10-14/h3-5,8-10H,6-7,11H2,1-2H3,(H,22,24)(H,23,25). The van der Waals surface area contributed by atoms with Gasteiger partial charge in [-0.3, -0.25) is 9.59 Å². The van der Waals surface area contributed by atoms with E-state index < -0.39 is 11.7 Å².